The highest BCUT2D eigenvalue weighted by Crippen LogP contribution is 2.30. The number of furan rings is 1. The first-order chi connectivity index (χ1) is 10.1. The summed E-state index contributed by atoms with van der Waals surface area (Å²) in [6, 6.07) is 3.04. The SMILES string of the molecule is Cc1ccc([C@H]2CS(=O)(=O)CCN2C(=O)CSC(C)(C)C)o1. The molecule has 1 aromatic rings. The largest absolute Gasteiger partial charge is 0.464 e. The third kappa shape index (κ3) is 4.52. The summed E-state index contributed by atoms with van der Waals surface area (Å²) in [6.45, 7) is 8.20. The first-order valence-electron chi connectivity index (χ1n) is 7.28. The minimum absolute atomic E-state index is 0.00566. The number of sulfone groups is 1. The smallest absolute Gasteiger partial charge is 0.233 e. The van der Waals surface area contributed by atoms with Gasteiger partial charge in [0.05, 0.1) is 17.3 Å². The molecule has 0 saturated carbocycles. The maximum Gasteiger partial charge on any atom is 0.233 e. The van der Waals surface area contributed by atoms with Gasteiger partial charge in [-0.2, -0.15) is 0 Å². The molecule has 1 aromatic heterocycles. The molecule has 1 fully saturated rings. The Morgan fingerprint density at radius 1 is 1.41 bits per heavy atom. The van der Waals surface area contributed by atoms with Crippen LogP contribution in [0.15, 0.2) is 16.5 Å². The van der Waals surface area contributed by atoms with Gasteiger partial charge in [0.1, 0.15) is 17.6 Å². The molecule has 0 radical (unpaired) electrons. The zero-order valence-electron chi connectivity index (χ0n) is 13.5. The van der Waals surface area contributed by atoms with Gasteiger partial charge in [-0.1, -0.05) is 20.8 Å². The Bertz CT molecular complexity index is 643. The van der Waals surface area contributed by atoms with Crippen LogP contribution in [0.5, 0.6) is 0 Å². The van der Waals surface area contributed by atoms with Gasteiger partial charge in [-0.25, -0.2) is 8.42 Å². The highest BCUT2D eigenvalue weighted by Gasteiger charge is 2.37. The lowest BCUT2D eigenvalue weighted by atomic mass is 10.2. The minimum atomic E-state index is -3.14. The van der Waals surface area contributed by atoms with Crippen molar-refractivity contribution in [2.75, 3.05) is 23.8 Å². The van der Waals surface area contributed by atoms with Crippen LogP contribution in [-0.4, -0.2) is 47.8 Å². The number of carbonyl (C=O) groups excluding carboxylic acids is 1. The molecule has 1 aliphatic heterocycles. The number of hydrogen-bond acceptors (Lipinski definition) is 5. The van der Waals surface area contributed by atoms with Gasteiger partial charge in [-0.3, -0.25) is 4.79 Å². The summed E-state index contributed by atoms with van der Waals surface area (Å²) in [5.41, 5.74) is 0. The first-order valence-corrected chi connectivity index (χ1v) is 10.1. The predicted molar refractivity (Wildman–Crippen MR) is 88.8 cm³/mol. The van der Waals surface area contributed by atoms with Crippen molar-refractivity contribution in [3.63, 3.8) is 0 Å². The van der Waals surface area contributed by atoms with E-state index in [0.29, 0.717) is 11.5 Å². The molecule has 0 aromatic carbocycles. The van der Waals surface area contributed by atoms with E-state index in [-0.39, 0.29) is 28.7 Å². The molecule has 2 heterocycles. The van der Waals surface area contributed by atoms with Crippen molar-refractivity contribution in [2.45, 2.75) is 38.5 Å². The van der Waals surface area contributed by atoms with Crippen LogP contribution in [-0.2, 0) is 14.6 Å². The molecule has 124 valence electrons. The van der Waals surface area contributed by atoms with Gasteiger partial charge in [-0.05, 0) is 19.1 Å². The van der Waals surface area contributed by atoms with E-state index in [1.165, 1.54) is 0 Å². The molecule has 0 N–H and O–H groups in total. The zero-order chi connectivity index (χ0) is 16.5. The average molecular weight is 345 g/mol. The number of nitrogens with zero attached hydrogens (tertiary/aromatic N) is 1. The normalized spacial score (nSPS) is 21.8. The number of hydrogen-bond donors (Lipinski definition) is 0. The van der Waals surface area contributed by atoms with E-state index in [1.807, 2.05) is 6.92 Å². The second kappa shape index (κ2) is 6.28. The summed E-state index contributed by atoms with van der Waals surface area (Å²) < 4.78 is 29.5. The second-order valence-corrected chi connectivity index (χ2v) is 10.6. The van der Waals surface area contributed by atoms with Crippen molar-refractivity contribution in [2.24, 2.45) is 0 Å². The van der Waals surface area contributed by atoms with E-state index in [1.54, 1.807) is 28.8 Å². The lowest BCUT2D eigenvalue weighted by Gasteiger charge is -2.34. The van der Waals surface area contributed by atoms with Gasteiger partial charge in [0, 0.05) is 11.3 Å². The number of rotatable bonds is 3. The second-order valence-electron chi connectivity index (χ2n) is 6.57. The Morgan fingerprint density at radius 3 is 2.64 bits per heavy atom. The summed E-state index contributed by atoms with van der Waals surface area (Å²) in [5.74, 6) is 1.54. The number of carbonyl (C=O) groups is 1. The van der Waals surface area contributed by atoms with Crippen LogP contribution >= 0.6 is 11.8 Å². The molecular formula is C15H23NO4S2. The predicted octanol–water partition coefficient (Wildman–Crippen LogP) is 2.42. The van der Waals surface area contributed by atoms with Gasteiger partial charge in [0.15, 0.2) is 9.84 Å². The molecule has 1 amide bonds. The third-order valence-electron chi connectivity index (χ3n) is 3.47. The van der Waals surface area contributed by atoms with E-state index >= 15 is 0 Å². The molecule has 0 spiro atoms. The van der Waals surface area contributed by atoms with Gasteiger partial charge < -0.3 is 9.32 Å². The molecule has 0 unspecified atom stereocenters. The van der Waals surface area contributed by atoms with Crippen molar-refractivity contribution >= 4 is 27.5 Å². The van der Waals surface area contributed by atoms with Crippen molar-refractivity contribution < 1.29 is 17.6 Å². The van der Waals surface area contributed by atoms with Gasteiger partial charge >= 0.3 is 0 Å². The number of aryl methyl sites for hydroxylation is 1. The maximum absolute atomic E-state index is 12.5. The van der Waals surface area contributed by atoms with Crippen molar-refractivity contribution in [3.05, 3.63) is 23.7 Å². The van der Waals surface area contributed by atoms with E-state index in [9.17, 15) is 13.2 Å². The molecule has 0 aliphatic carbocycles. The summed E-state index contributed by atoms with van der Waals surface area (Å²) in [4.78, 5) is 14.2. The van der Waals surface area contributed by atoms with E-state index in [2.05, 4.69) is 20.8 Å². The van der Waals surface area contributed by atoms with Crippen molar-refractivity contribution in [1.82, 2.24) is 4.90 Å². The van der Waals surface area contributed by atoms with Crippen LogP contribution in [0, 0.1) is 6.92 Å². The van der Waals surface area contributed by atoms with Gasteiger partial charge in [0.25, 0.3) is 0 Å². The Balaban J connectivity index is 2.18. The summed E-state index contributed by atoms with van der Waals surface area (Å²) in [6.07, 6.45) is 0. The number of amides is 1. The Morgan fingerprint density at radius 2 is 2.09 bits per heavy atom. The molecule has 1 aliphatic rings. The molecular weight excluding hydrogens is 322 g/mol. The fourth-order valence-corrected chi connectivity index (χ4v) is 4.52. The third-order valence-corrected chi connectivity index (χ3v) is 6.36. The Kier molecular flexibility index (Phi) is 4.96. The average Bonchev–Trinajstić information content (AvgIpc) is 2.81. The summed E-state index contributed by atoms with van der Waals surface area (Å²) in [7, 11) is -3.14. The van der Waals surface area contributed by atoms with Crippen LogP contribution < -0.4 is 0 Å². The molecule has 1 atom stereocenters. The van der Waals surface area contributed by atoms with Crippen LogP contribution in [0.1, 0.15) is 38.3 Å². The molecule has 2 rings (SSSR count). The number of thioether (sulfide) groups is 1. The lowest BCUT2D eigenvalue weighted by molar-refractivity contribution is -0.130. The molecule has 1 saturated heterocycles. The summed E-state index contributed by atoms with van der Waals surface area (Å²) >= 11 is 1.57. The Hall–Kier alpha value is -0.950. The fourth-order valence-electron chi connectivity index (χ4n) is 2.34. The first kappa shape index (κ1) is 17.4. The Labute approximate surface area is 136 Å². The fraction of sp³-hybridized carbons (Fsp3) is 0.667. The van der Waals surface area contributed by atoms with Crippen LogP contribution in [0.25, 0.3) is 0 Å². The lowest BCUT2D eigenvalue weighted by Crippen LogP contribution is -2.47. The van der Waals surface area contributed by atoms with E-state index in [4.69, 9.17) is 4.42 Å². The van der Waals surface area contributed by atoms with Crippen molar-refractivity contribution in [1.29, 1.82) is 0 Å². The van der Waals surface area contributed by atoms with E-state index in [0.717, 1.165) is 5.76 Å². The quantitative estimate of drug-likeness (QED) is 0.841. The monoisotopic (exact) mass is 345 g/mol. The van der Waals surface area contributed by atoms with Crippen LogP contribution in [0.3, 0.4) is 0 Å². The van der Waals surface area contributed by atoms with Gasteiger partial charge in [-0.15, -0.1) is 11.8 Å². The minimum Gasteiger partial charge on any atom is -0.464 e. The van der Waals surface area contributed by atoms with Gasteiger partial charge in [0.2, 0.25) is 5.91 Å². The molecule has 5 nitrogen and oxygen atoms in total. The van der Waals surface area contributed by atoms with Crippen LogP contribution in [0.4, 0.5) is 0 Å². The highest BCUT2D eigenvalue weighted by molar-refractivity contribution is 8.01. The topological polar surface area (TPSA) is 67.6 Å². The van der Waals surface area contributed by atoms with E-state index < -0.39 is 15.9 Å². The summed E-state index contributed by atoms with van der Waals surface area (Å²) in [5, 5.41) is 0. The molecule has 0 bridgehead atoms. The highest BCUT2D eigenvalue weighted by atomic mass is 32.2. The molecule has 7 heteroatoms. The maximum atomic E-state index is 12.5. The van der Waals surface area contributed by atoms with Crippen molar-refractivity contribution in [3.8, 4) is 0 Å². The molecule has 22 heavy (non-hydrogen) atoms. The standard InChI is InChI=1S/C15H23NO4S2/c1-11-5-6-13(20-11)12-10-22(18,19)8-7-16(12)14(17)9-21-15(2,3)4/h5-6,12H,7-10H2,1-4H3/t12-/m1/s1. The zero-order valence-corrected chi connectivity index (χ0v) is 15.1. The van der Waals surface area contributed by atoms with Crippen LogP contribution in [0.2, 0.25) is 0 Å².